The average molecular weight is 272 g/mol. The first-order valence-electron chi connectivity index (χ1n) is 6.14. The Morgan fingerprint density at radius 2 is 1.74 bits per heavy atom. The van der Waals surface area contributed by atoms with Crippen LogP contribution >= 0.6 is 0 Å². The molecule has 1 saturated carbocycles. The predicted molar refractivity (Wildman–Crippen MR) is 64.0 cm³/mol. The van der Waals surface area contributed by atoms with Crippen molar-refractivity contribution < 1.29 is 18.0 Å². The van der Waals surface area contributed by atoms with Gasteiger partial charge in [0.15, 0.2) is 0 Å². The van der Waals surface area contributed by atoms with Crippen molar-refractivity contribution in [2.24, 2.45) is 5.73 Å². The normalized spacial score (nSPS) is 17.5. The van der Waals surface area contributed by atoms with Gasteiger partial charge in [-0.25, -0.2) is 13.2 Å². The zero-order valence-electron chi connectivity index (χ0n) is 10.3. The lowest BCUT2D eigenvalue weighted by atomic mass is 9.97. The molecule has 2 rings (SSSR count). The molecule has 104 valence electrons. The third-order valence-electron chi connectivity index (χ3n) is 3.56. The maximum Gasteiger partial charge on any atom is 0.257 e. The van der Waals surface area contributed by atoms with Crippen LogP contribution in [-0.2, 0) is 0 Å². The van der Waals surface area contributed by atoms with Crippen LogP contribution in [0.15, 0.2) is 12.1 Å². The van der Waals surface area contributed by atoms with Gasteiger partial charge in [-0.15, -0.1) is 0 Å². The van der Waals surface area contributed by atoms with Crippen molar-refractivity contribution >= 4 is 5.91 Å². The summed E-state index contributed by atoms with van der Waals surface area (Å²) in [5, 5.41) is 2.59. The highest BCUT2D eigenvalue weighted by Gasteiger charge is 2.35. The summed E-state index contributed by atoms with van der Waals surface area (Å²) in [6, 6.07) is 0.976. The largest absolute Gasteiger partial charge is 0.345 e. The lowest BCUT2D eigenvalue weighted by molar-refractivity contribution is 0.0894. The highest BCUT2D eigenvalue weighted by Crippen LogP contribution is 2.29. The first kappa shape index (κ1) is 13.9. The molecule has 3 N–H and O–H groups in total. The van der Waals surface area contributed by atoms with Gasteiger partial charge in [0.1, 0.15) is 23.0 Å². The summed E-state index contributed by atoms with van der Waals surface area (Å²) in [4.78, 5) is 11.9. The molecule has 0 aromatic heterocycles. The summed E-state index contributed by atoms with van der Waals surface area (Å²) in [5.41, 5.74) is 4.26. The van der Waals surface area contributed by atoms with Crippen LogP contribution in [0.1, 0.15) is 36.0 Å². The lowest BCUT2D eigenvalue weighted by Crippen LogP contribution is -2.52. The molecular formula is C13H15F3N2O. The summed E-state index contributed by atoms with van der Waals surface area (Å²) in [6.07, 6.45) is 3.18. The fourth-order valence-corrected chi connectivity index (χ4v) is 2.49. The summed E-state index contributed by atoms with van der Waals surface area (Å²) >= 11 is 0. The molecule has 0 radical (unpaired) electrons. The number of amides is 1. The Kier molecular flexibility index (Phi) is 3.80. The van der Waals surface area contributed by atoms with Crippen LogP contribution in [0.3, 0.4) is 0 Å². The molecule has 1 aliphatic carbocycles. The molecule has 19 heavy (non-hydrogen) atoms. The molecule has 3 nitrogen and oxygen atoms in total. The summed E-state index contributed by atoms with van der Waals surface area (Å²) < 4.78 is 39.8. The predicted octanol–water partition coefficient (Wildman–Crippen LogP) is 2.11. The van der Waals surface area contributed by atoms with Gasteiger partial charge >= 0.3 is 0 Å². The molecule has 1 amide bonds. The van der Waals surface area contributed by atoms with E-state index in [1.807, 2.05) is 0 Å². The van der Waals surface area contributed by atoms with Gasteiger partial charge in [0.25, 0.3) is 5.91 Å². The fourth-order valence-electron chi connectivity index (χ4n) is 2.49. The van der Waals surface area contributed by atoms with Gasteiger partial charge in [-0.3, -0.25) is 4.79 Å². The Hall–Kier alpha value is -1.56. The van der Waals surface area contributed by atoms with Gasteiger partial charge < -0.3 is 11.1 Å². The number of nitrogens with two attached hydrogens (primary N) is 1. The second-order valence-corrected chi connectivity index (χ2v) is 4.89. The van der Waals surface area contributed by atoms with Crippen LogP contribution in [0.25, 0.3) is 0 Å². The van der Waals surface area contributed by atoms with Gasteiger partial charge in [0, 0.05) is 18.7 Å². The van der Waals surface area contributed by atoms with Crippen molar-refractivity contribution in [3.63, 3.8) is 0 Å². The van der Waals surface area contributed by atoms with Crippen molar-refractivity contribution in [3.05, 3.63) is 35.1 Å². The Labute approximate surface area is 109 Å². The summed E-state index contributed by atoms with van der Waals surface area (Å²) in [7, 11) is 0. The molecule has 0 heterocycles. The number of rotatable bonds is 3. The van der Waals surface area contributed by atoms with Gasteiger partial charge in [0.2, 0.25) is 0 Å². The standard InChI is InChI=1S/C13H15F3N2O/c14-8-5-9(15)11(10(16)6-8)12(19)18-13(7-17)3-1-2-4-13/h5-6H,1-4,7,17H2,(H,18,19). The Morgan fingerprint density at radius 3 is 2.21 bits per heavy atom. The van der Waals surface area contributed by atoms with Gasteiger partial charge in [-0.05, 0) is 12.8 Å². The summed E-state index contributed by atoms with van der Waals surface area (Å²) in [6.45, 7) is 0.211. The average Bonchev–Trinajstić information content (AvgIpc) is 2.76. The van der Waals surface area contributed by atoms with Gasteiger partial charge in [-0.2, -0.15) is 0 Å². The van der Waals surface area contributed by atoms with E-state index in [9.17, 15) is 18.0 Å². The maximum atomic E-state index is 13.5. The van der Waals surface area contributed by atoms with E-state index in [-0.39, 0.29) is 6.54 Å². The number of nitrogens with one attached hydrogen (secondary N) is 1. The molecular weight excluding hydrogens is 257 g/mol. The highest BCUT2D eigenvalue weighted by molar-refractivity contribution is 5.95. The van der Waals surface area contributed by atoms with E-state index in [2.05, 4.69) is 5.32 Å². The van der Waals surface area contributed by atoms with Crippen molar-refractivity contribution in [2.75, 3.05) is 6.54 Å². The van der Waals surface area contributed by atoms with E-state index in [4.69, 9.17) is 5.73 Å². The highest BCUT2D eigenvalue weighted by atomic mass is 19.1. The quantitative estimate of drug-likeness (QED) is 0.885. The smallest absolute Gasteiger partial charge is 0.257 e. The van der Waals surface area contributed by atoms with Crippen LogP contribution < -0.4 is 11.1 Å². The van der Waals surface area contributed by atoms with E-state index in [1.54, 1.807) is 0 Å². The maximum absolute atomic E-state index is 13.5. The van der Waals surface area contributed by atoms with Crippen molar-refractivity contribution in [1.82, 2.24) is 5.32 Å². The third kappa shape index (κ3) is 2.73. The molecule has 6 heteroatoms. The molecule has 0 bridgehead atoms. The van der Waals surface area contributed by atoms with E-state index in [0.29, 0.717) is 25.0 Å². The van der Waals surface area contributed by atoms with E-state index >= 15 is 0 Å². The number of carbonyl (C=O) groups excluding carboxylic acids is 1. The number of hydrogen-bond acceptors (Lipinski definition) is 2. The molecule has 1 aliphatic rings. The minimum Gasteiger partial charge on any atom is -0.345 e. The Balaban J connectivity index is 2.25. The molecule has 0 aliphatic heterocycles. The molecule has 0 saturated heterocycles. The van der Waals surface area contributed by atoms with Gasteiger partial charge in [0.05, 0.1) is 5.54 Å². The number of benzene rings is 1. The monoisotopic (exact) mass is 272 g/mol. The van der Waals surface area contributed by atoms with Crippen LogP contribution in [-0.4, -0.2) is 18.0 Å². The van der Waals surface area contributed by atoms with Crippen LogP contribution in [0.4, 0.5) is 13.2 Å². The molecule has 1 fully saturated rings. The van der Waals surface area contributed by atoms with Crippen LogP contribution in [0.5, 0.6) is 0 Å². The fraction of sp³-hybridized carbons (Fsp3) is 0.462. The number of hydrogen-bond donors (Lipinski definition) is 2. The molecule has 1 aromatic rings. The molecule has 0 atom stereocenters. The minimum atomic E-state index is -1.21. The molecule has 1 aromatic carbocycles. The van der Waals surface area contributed by atoms with E-state index < -0.39 is 34.5 Å². The topological polar surface area (TPSA) is 55.1 Å². The zero-order chi connectivity index (χ0) is 14.0. The number of carbonyl (C=O) groups is 1. The third-order valence-corrected chi connectivity index (χ3v) is 3.56. The van der Waals surface area contributed by atoms with E-state index in [1.165, 1.54) is 0 Å². The van der Waals surface area contributed by atoms with E-state index in [0.717, 1.165) is 12.8 Å². The first-order chi connectivity index (χ1) is 8.97. The Morgan fingerprint density at radius 1 is 1.21 bits per heavy atom. The summed E-state index contributed by atoms with van der Waals surface area (Å²) in [5.74, 6) is -4.36. The minimum absolute atomic E-state index is 0.211. The second kappa shape index (κ2) is 5.21. The van der Waals surface area contributed by atoms with Gasteiger partial charge in [-0.1, -0.05) is 12.8 Å². The molecule has 0 spiro atoms. The van der Waals surface area contributed by atoms with Crippen LogP contribution in [0, 0.1) is 17.5 Å². The first-order valence-corrected chi connectivity index (χ1v) is 6.14. The second-order valence-electron chi connectivity index (χ2n) is 4.89. The number of halogens is 3. The molecule has 0 unspecified atom stereocenters. The Bertz CT molecular complexity index is 476. The lowest BCUT2D eigenvalue weighted by Gasteiger charge is -2.28. The van der Waals surface area contributed by atoms with Crippen molar-refractivity contribution in [3.8, 4) is 0 Å². The van der Waals surface area contributed by atoms with Crippen molar-refractivity contribution in [1.29, 1.82) is 0 Å². The van der Waals surface area contributed by atoms with Crippen molar-refractivity contribution in [2.45, 2.75) is 31.2 Å². The SMILES string of the molecule is NCC1(NC(=O)c2c(F)cc(F)cc2F)CCCC1. The van der Waals surface area contributed by atoms with Crippen LogP contribution in [0.2, 0.25) is 0 Å². The zero-order valence-corrected chi connectivity index (χ0v) is 10.3.